The lowest BCUT2D eigenvalue weighted by Gasteiger charge is -2.41. The molecule has 0 atom stereocenters. The van der Waals surface area contributed by atoms with E-state index in [1.54, 1.807) is 0 Å². The summed E-state index contributed by atoms with van der Waals surface area (Å²) in [6.45, 7) is 15.1. The van der Waals surface area contributed by atoms with Gasteiger partial charge >= 0.3 is 7.12 Å². The molecule has 164 valence electrons. The fourth-order valence-electron chi connectivity index (χ4n) is 4.75. The number of aromatic nitrogens is 1. The van der Waals surface area contributed by atoms with Crippen LogP contribution in [0.3, 0.4) is 0 Å². The van der Waals surface area contributed by atoms with Crippen molar-refractivity contribution in [2.24, 2.45) is 0 Å². The van der Waals surface area contributed by atoms with Crippen molar-refractivity contribution < 1.29 is 9.31 Å². The normalized spacial score (nSPS) is 20.1. The van der Waals surface area contributed by atoms with Gasteiger partial charge in [0.1, 0.15) is 5.82 Å². The Morgan fingerprint density at radius 1 is 0.781 bits per heavy atom. The highest BCUT2D eigenvalue weighted by atomic mass is 16.7. The van der Waals surface area contributed by atoms with E-state index in [-0.39, 0.29) is 16.6 Å². The molecule has 0 spiro atoms. The van der Waals surface area contributed by atoms with Gasteiger partial charge in [-0.1, -0.05) is 44.2 Å². The Bertz CT molecular complexity index is 1190. The van der Waals surface area contributed by atoms with E-state index >= 15 is 0 Å². The molecule has 0 radical (unpaired) electrons. The number of hydrogen-bond acceptors (Lipinski definition) is 4. The van der Waals surface area contributed by atoms with Crippen LogP contribution in [0.15, 0.2) is 60.8 Å². The fourth-order valence-corrected chi connectivity index (χ4v) is 4.75. The van der Waals surface area contributed by atoms with Crippen LogP contribution in [-0.2, 0) is 14.7 Å². The number of benzene rings is 2. The summed E-state index contributed by atoms with van der Waals surface area (Å²) in [5, 5.41) is 0. The van der Waals surface area contributed by atoms with Crippen molar-refractivity contribution in [3.63, 3.8) is 0 Å². The lowest BCUT2D eigenvalue weighted by atomic mass is 9.70. The Hall–Kier alpha value is -2.63. The van der Waals surface area contributed by atoms with E-state index in [0.29, 0.717) is 0 Å². The number of aryl methyl sites for hydroxylation is 1. The van der Waals surface area contributed by atoms with Crippen LogP contribution in [0.1, 0.15) is 58.2 Å². The Kier molecular flexibility index (Phi) is 4.60. The molecule has 3 heterocycles. The van der Waals surface area contributed by atoms with E-state index < -0.39 is 7.12 Å². The smallest absolute Gasteiger partial charge is 0.399 e. The van der Waals surface area contributed by atoms with Gasteiger partial charge < -0.3 is 9.31 Å². The molecule has 4 nitrogen and oxygen atoms in total. The topological polar surface area (TPSA) is 34.6 Å². The summed E-state index contributed by atoms with van der Waals surface area (Å²) in [5.74, 6) is 0.917. The maximum absolute atomic E-state index is 6.37. The number of rotatable bonds is 2. The van der Waals surface area contributed by atoms with Gasteiger partial charge in [-0.25, -0.2) is 4.98 Å². The molecule has 5 rings (SSSR count). The predicted molar refractivity (Wildman–Crippen MR) is 132 cm³/mol. The largest absolute Gasteiger partial charge is 0.494 e. The van der Waals surface area contributed by atoms with Crippen LogP contribution in [0.25, 0.3) is 0 Å². The Balaban J connectivity index is 1.70. The summed E-state index contributed by atoms with van der Waals surface area (Å²) >= 11 is 0. The number of para-hydroxylation sites is 1. The zero-order chi connectivity index (χ0) is 22.9. The second-order valence-corrected chi connectivity index (χ2v) is 10.5. The lowest BCUT2D eigenvalue weighted by Crippen LogP contribution is -2.41. The number of nitrogens with zero attached hydrogens (tertiary/aromatic N) is 2. The van der Waals surface area contributed by atoms with Crippen LogP contribution in [0, 0.1) is 6.92 Å². The molecule has 1 saturated heterocycles. The summed E-state index contributed by atoms with van der Waals surface area (Å²) in [4.78, 5) is 7.02. The molecule has 1 fully saturated rings. The summed E-state index contributed by atoms with van der Waals surface area (Å²) in [5.41, 5.74) is 6.15. The Morgan fingerprint density at radius 3 is 2.12 bits per heavy atom. The molecule has 5 heteroatoms. The standard InChI is InChI=1S/C27H31BN2O2/c1-18-14-15-29-24(16-18)30-22-11-9-8-10-20(22)25(2,3)21-13-12-19(17-23(21)30)28-31-26(4,5)27(6,7)32-28/h8-17H,1-7H3. The van der Waals surface area contributed by atoms with Crippen molar-refractivity contribution >= 4 is 29.8 Å². The first-order chi connectivity index (χ1) is 15.0. The molecule has 2 aromatic carbocycles. The van der Waals surface area contributed by atoms with E-state index in [1.165, 1.54) is 16.7 Å². The molecule has 1 aromatic heterocycles. The second kappa shape index (κ2) is 6.93. The van der Waals surface area contributed by atoms with Gasteiger partial charge in [-0.05, 0) is 81.0 Å². The maximum Gasteiger partial charge on any atom is 0.494 e. The van der Waals surface area contributed by atoms with Gasteiger partial charge in [-0.2, -0.15) is 0 Å². The molecule has 3 aromatic rings. The SMILES string of the molecule is Cc1ccnc(N2c3ccccc3C(C)(C)c3ccc(B4OC(C)(C)C(C)(C)O4)cc32)c1. The fraction of sp³-hybridized carbons (Fsp3) is 0.370. The molecule has 0 saturated carbocycles. The summed E-state index contributed by atoms with van der Waals surface area (Å²) in [6, 6.07) is 19.4. The first kappa shape index (κ1) is 21.2. The van der Waals surface area contributed by atoms with Gasteiger partial charge in [-0.3, -0.25) is 4.90 Å². The minimum Gasteiger partial charge on any atom is -0.399 e. The molecule has 0 unspecified atom stereocenters. The van der Waals surface area contributed by atoms with E-state index in [2.05, 4.69) is 102 Å². The third-order valence-electron chi connectivity index (χ3n) is 7.41. The van der Waals surface area contributed by atoms with E-state index in [0.717, 1.165) is 22.7 Å². The molecule has 2 aliphatic heterocycles. The van der Waals surface area contributed by atoms with Gasteiger partial charge in [0.15, 0.2) is 0 Å². The van der Waals surface area contributed by atoms with Crippen LogP contribution in [0.4, 0.5) is 17.2 Å². The third-order valence-corrected chi connectivity index (χ3v) is 7.41. The van der Waals surface area contributed by atoms with E-state index in [1.807, 2.05) is 12.3 Å². The summed E-state index contributed by atoms with van der Waals surface area (Å²) in [6.07, 6.45) is 1.88. The Morgan fingerprint density at radius 2 is 1.44 bits per heavy atom. The molecule has 0 aliphatic carbocycles. The first-order valence-corrected chi connectivity index (χ1v) is 11.3. The number of anilines is 3. The van der Waals surface area contributed by atoms with E-state index in [4.69, 9.17) is 14.3 Å². The molecule has 0 amide bonds. The number of pyridine rings is 1. The van der Waals surface area contributed by atoms with Crippen LogP contribution >= 0.6 is 0 Å². The molecular formula is C27H31BN2O2. The molecule has 2 aliphatic rings. The van der Waals surface area contributed by atoms with Gasteiger partial charge in [0.2, 0.25) is 0 Å². The Labute approximate surface area is 191 Å². The van der Waals surface area contributed by atoms with Crippen LogP contribution in [0.2, 0.25) is 0 Å². The maximum atomic E-state index is 6.37. The zero-order valence-corrected chi connectivity index (χ0v) is 20.1. The van der Waals surface area contributed by atoms with Crippen molar-refractivity contribution in [1.82, 2.24) is 4.98 Å². The van der Waals surface area contributed by atoms with Crippen molar-refractivity contribution in [2.45, 2.75) is 65.1 Å². The molecule has 32 heavy (non-hydrogen) atoms. The van der Waals surface area contributed by atoms with Gasteiger partial charge in [-0.15, -0.1) is 0 Å². The average Bonchev–Trinajstić information content (AvgIpc) is 2.95. The number of fused-ring (bicyclic) bond motifs is 2. The molecule has 0 N–H and O–H groups in total. The molecular weight excluding hydrogens is 395 g/mol. The minimum absolute atomic E-state index is 0.138. The van der Waals surface area contributed by atoms with Crippen molar-refractivity contribution in [2.75, 3.05) is 4.90 Å². The van der Waals surface area contributed by atoms with Gasteiger partial charge in [0, 0.05) is 11.6 Å². The minimum atomic E-state index is -0.405. The zero-order valence-electron chi connectivity index (χ0n) is 20.1. The average molecular weight is 426 g/mol. The highest BCUT2D eigenvalue weighted by Crippen LogP contribution is 2.51. The number of hydrogen-bond donors (Lipinski definition) is 0. The monoisotopic (exact) mass is 426 g/mol. The third kappa shape index (κ3) is 3.10. The highest BCUT2D eigenvalue weighted by molar-refractivity contribution is 6.62. The highest BCUT2D eigenvalue weighted by Gasteiger charge is 2.52. The summed E-state index contributed by atoms with van der Waals surface area (Å²) < 4.78 is 12.7. The van der Waals surface area contributed by atoms with Crippen molar-refractivity contribution in [3.05, 3.63) is 77.5 Å². The molecule has 0 bridgehead atoms. The summed E-state index contributed by atoms with van der Waals surface area (Å²) in [7, 11) is -0.405. The lowest BCUT2D eigenvalue weighted by molar-refractivity contribution is 0.00578. The second-order valence-electron chi connectivity index (χ2n) is 10.5. The van der Waals surface area contributed by atoms with Gasteiger partial charge in [0.25, 0.3) is 0 Å². The van der Waals surface area contributed by atoms with Crippen molar-refractivity contribution in [3.8, 4) is 0 Å². The van der Waals surface area contributed by atoms with E-state index in [9.17, 15) is 0 Å². The van der Waals surface area contributed by atoms with Crippen LogP contribution < -0.4 is 10.4 Å². The first-order valence-electron chi connectivity index (χ1n) is 11.3. The van der Waals surface area contributed by atoms with Crippen molar-refractivity contribution in [1.29, 1.82) is 0 Å². The quantitative estimate of drug-likeness (QED) is 0.486. The van der Waals surface area contributed by atoms with Crippen LogP contribution in [0.5, 0.6) is 0 Å². The predicted octanol–water partition coefficient (Wildman–Crippen LogP) is 5.80. The van der Waals surface area contributed by atoms with Crippen LogP contribution in [-0.4, -0.2) is 23.3 Å². The van der Waals surface area contributed by atoms with Gasteiger partial charge in [0.05, 0.1) is 22.6 Å².